The van der Waals surface area contributed by atoms with E-state index in [1.54, 1.807) is 0 Å². The van der Waals surface area contributed by atoms with Crippen molar-refractivity contribution >= 4 is 0 Å². The van der Waals surface area contributed by atoms with Crippen molar-refractivity contribution < 1.29 is 4.74 Å². The van der Waals surface area contributed by atoms with Crippen LogP contribution in [-0.4, -0.2) is 22.2 Å². The molecule has 1 heterocycles. The second-order valence-electron chi connectivity index (χ2n) is 5.94. The molecule has 0 radical (unpaired) electrons. The zero-order valence-electron chi connectivity index (χ0n) is 13.3. The van der Waals surface area contributed by atoms with E-state index in [4.69, 9.17) is 10.5 Å². The molecule has 21 heavy (non-hydrogen) atoms. The summed E-state index contributed by atoms with van der Waals surface area (Å²) in [5.74, 6) is 1.67. The molecule has 2 N–H and O–H groups in total. The van der Waals surface area contributed by atoms with E-state index in [9.17, 15) is 0 Å². The Kier molecular flexibility index (Phi) is 5.02. The molecule has 0 spiro atoms. The van der Waals surface area contributed by atoms with Crippen LogP contribution in [0.2, 0.25) is 0 Å². The monoisotopic (exact) mass is 287 g/mol. The summed E-state index contributed by atoms with van der Waals surface area (Å²) in [5.41, 5.74) is 8.17. The molecule has 1 aromatic heterocycles. The van der Waals surface area contributed by atoms with Crippen LogP contribution >= 0.6 is 0 Å². The van der Waals surface area contributed by atoms with Crippen LogP contribution in [0.15, 0.2) is 36.8 Å². The Balaban J connectivity index is 2.28. The SMILES string of the molecule is CC(C)Oc1ccc(-n2cncc2C(CN)C(C)C)cc1. The van der Waals surface area contributed by atoms with Gasteiger partial charge < -0.3 is 15.0 Å². The molecular formula is C17H25N3O. The lowest BCUT2D eigenvalue weighted by molar-refractivity contribution is 0.242. The predicted octanol–water partition coefficient (Wildman–Crippen LogP) is 3.36. The Morgan fingerprint density at radius 3 is 2.33 bits per heavy atom. The number of ether oxygens (including phenoxy) is 1. The Hall–Kier alpha value is -1.81. The minimum absolute atomic E-state index is 0.183. The van der Waals surface area contributed by atoms with Gasteiger partial charge in [0.15, 0.2) is 0 Å². The van der Waals surface area contributed by atoms with Gasteiger partial charge in [0.05, 0.1) is 12.4 Å². The van der Waals surface area contributed by atoms with Crippen molar-refractivity contribution in [2.24, 2.45) is 11.7 Å². The standard InChI is InChI=1S/C17H25N3O/c1-12(2)16(9-18)17-10-19-11-20(17)14-5-7-15(8-6-14)21-13(3)4/h5-8,10-13,16H,9,18H2,1-4H3. The van der Waals surface area contributed by atoms with Gasteiger partial charge in [-0.15, -0.1) is 0 Å². The molecule has 0 fully saturated rings. The number of nitrogens with two attached hydrogens (primary N) is 1. The van der Waals surface area contributed by atoms with Gasteiger partial charge in [-0.05, 0) is 44.0 Å². The van der Waals surface area contributed by atoms with E-state index >= 15 is 0 Å². The second kappa shape index (κ2) is 6.76. The van der Waals surface area contributed by atoms with Gasteiger partial charge in [0, 0.05) is 30.0 Å². The molecule has 0 amide bonds. The first-order valence-corrected chi connectivity index (χ1v) is 7.52. The van der Waals surface area contributed by atoms with Gasteiger partial charge in [0.2, 0.25) is 0 Å². The highest BCUT2D eigenvalue weighted by Gasteiger charge is 2.18. The van der Waals surface area contributed by atoms with Crippen LogP contribution < -0.4 is 10.5 Å². The average Bonchev–Trinajstić information content (AvgIpc) is 2.88. The molecule has 1 unspecified atom stereocenters. The molecule has 4 heteroatoms. The Labute approximate surface area is 127 Å². The van der Waals surface area contributed by atoms with E-state index in [1.165, 1.54) is 0 Å². The Morgan fingerprint density at radius 2 is 1.81 bits per heavy atom. The highest BCUT2D eigenvalue weighted by atomic mass is 16.5. The minimum Gasteiger partial charge on any atom is -0.491 e. The lowest BCUT2D eigenvalue weighted by Crippen LogP contribution is -2.20. The van der Waals surface area contributed by atoms with Crippen LogP contribution in [-0.2, 0) is 0 Å². The molecule has 114 valence electrons. The molecule has 1 aromatic carbocycles. The molecule has 4 nitrogen and oxygen atoms in total. The van der Waals surface area contributed by atoms with Crippen LogP contribution in [0.4, 0.5) is 0 Å². The third-order valence-corrected chi connectivity index (χ3v) is 3.59. The maximum atomic E-state index is 5.93. The van der Waals surface area contributed by atoms with Crippen molar-refractivity contribution in [3.05, 3.63) is 42.5 Å². The number of rotatable bonds is 6. The van der Waals surface area contributed by atoms with Crippen molar-refractivity contribution in [3.63, 3.8) is 0 Å². The number of hydrogen-bond acceptors (Lipinski definition) is 3. The second-order valence-corrected chi connectivity index (χ2v) is 5.94. The van der Waals surface area contributed by atoms with Crippen LogP contribution in [0.5, 0.6) is 5.75 Å². The van der Waals surface area contributed by atoms with Crippen LogP contribution in [0.3, 0.4) is 0 Å². The predicted molar refractivity (Wildman–Crippen MR) is 86.0 cm³/mol. The molecule has 0 bridgehead atoms. The summed E-state index contributed by atoms with van der Waals surface area (Å²) in [6.07, 6.45) is 3.94. The molecule has 0 aliphatic carbocycles. The summed E-state index contributed by atoms with van der Waals surface area (Å²) < 4.78 is 7.79. The van der Waals surface area contributed by atoms with E-state index in [2.05, 4.69) is 35.5 Å². The first-order chi connectivity index (χ1) is 10.0. The van der Waals surface area contributed by atoms with Crippen LogP contribution in [0.1, 0.15) is 39.3 Å². The summed E-state index contributed by atoms with van der Waals surface area (Å²) in [5, 5.41) is 0. The van der Waals surface area contributed by atoms with Gasteiger partial charge in [0.1, 0.15) is 5.75 Å². The van der Waals surface area contributed by atoms with Gasteiger partial charge in [-0.2, -0.15) is 0 Å². The first kappa shape index (κ1) is 15.6. The van der Waals surface area contributed by atoms with Crippen LogP contribution in [0.25, 0.3) is 5.69 Å². The molecule has 0 saturated carbocycles. The largest absolute Gasteiger partial charge is 0.491 e. The number of imidazole rings is 1. The zero-order valence-corrected chi connectivity index (χ0v) is 13.3. The van der Waals surface area contributed by atoms with Crippen LogP contribution in [0, 0.1) is 5.92 Å². The smallest absolute Gasteiger partial charge is 0.119 e. The summed E-state index contributed by atoms with van der Waals surface area (Å²) in [4.78, 5) is 4.30. The molecule has 2 rings (SSSR count). The third kappa shape index (κ3) is 3.64. The van der Waals surface area contributed by atoms with E-state index < -0.39 is 0 Å². The fourth-order valence-corrected chi connectivity index (χ4v) is 2.49. The van der Waals surface area contributed by atoms with Gasteiger partial charge in [-0.3, -0.25) is 0 Å². The average molecular weight is 287 g/mol. The van der Waals surface area contributed by atoms with Gasteiger partial charge in [-0.1, -0.05) is 13.8 Å². The Morgan fingerprint density at radius 1 is 1.14 bits per heavy atom. The number of aromatic nitrogens is 2. The number of nitrogens with zero attached hydrogens (tertiary/aromatic N) is 2. The highest BCUT2D eigenvalue weighted by Crippen LogP contribution is 2.26. The fourth-order valence-electron chi connectivity index (χ4n) is 2.49. The maximum Gasteiger partial charge on any atom is 0.119 e. The summed E-state index contributed by atoms with van der Waals surface area (Å²) in [6.45, 7) is 9.05. The van der Waals surface area contributed by atoms with E-state index in [0.717, 1.165) is 17.1 Å². The van der Waals surface area contributed by atoms with Gasteiger partial charge in [-0.25, -0.2) is 4.98 Å². The van der Waals surface area contributed by atoms with E-state index in [1.807, 2.05) is 38.5 Å². The van der Waals surface area contributed by atoms with Crippen molar-refractivity contribution in [1.82, 2.24) is 9.55 Å². The molecule has 1 atom stereocenters. The maximum absolute atomic E-state index is 5.93. The summed E-state index contributed by atoms with van der Waals surface area (Å²) >= 11 is 0. The third-order valence-electron chi connectivity index (χ3n) is 3.59. The quantitative estimate of drug-likeness (QED) is 0.886. The molecule has 2 aromatic rings. The molecule has 0 aliphatic heterocycles. The number of hydrogen-bond donors (Lipinski definition) is 1. The van der Waals surface area contributed by atoms with Gasteiger partial charge >= 0.3 is 0 Å². The summed E-state index contributed by atoms with van der Waals surface area (Å²) in [7, 11) is 0. The first-order valence-electron chi connectivity index (χ1n) is 7.52. The lowest BCUT2D eigenvalue weighted by Gasteiger charge is -2.21. The summed E-state index contributed by atoms with van der Waals surface area (Å²) in [6, 6.07) is 8.09. The van der Waals surface area contributed by atoms with Crippen molar-refractivity contribution in [3.8, 4) is 11.4 Å². The highest BCUT2D eigenvalue weighted by molar-refractivity contribution is 5.39. The van der Waals surface area contributed by atoms with Crippen molar-refractivity contribution in [2.75, 3.05) is 6.54 Å². The molecular weight excluding hydrogens is 262 g/mol. The lowest BCUT2D eigenvalue weighted by atomic mass is 9.93. The number of benzene rings is 1. The van der Waals surface area contributed by atoms with E-state index in [0.29, 0.717) is 18.4 Å². The Bertz CT molecular complexity index is 558. The van der Waals surface area contributed by atoms with Crippen molar-refractivity contribution in [1.29, 1.82) is 0 Å². The minimum atomic E-state index is 0.183. The normalized spacial score (nSPS) is 12.9. The zero-order chi connectivity index (χ0) is 15.4. The van der Waals surface area contributed by atoms with Crippen molar-refractivity contribution in [2.45, 2.75) is 39.7 Å². The molecule has 0 saturated heterocycles. The topological polar surface area (TPSA) is 53.1 Å². The molecule has 0 aliphatic rings. The van der Waals surface area contributed by atoms with Gasteiger partial charge in [0.25, 0.3) is 0 Å². The van der Waals surface area contributed by atoms with E-state index in [-0.39, 0.29) is 6.10 Å². The fraction of sp³-hybridized carbons (Fsp3) is 0.471.